The van der Waals surface area contributed by atoms with Crippen molar-refractivity contribution in [1.29, 1.82) is 0 Å². The number of rotatable bonds is 8. The second-order valence-corrected chi connectivity index (χ2v) is 8.99. The van der Waals surface area contributed by atoms with Gasteiger partial charge in [-0.3, -0.25) is 4.79 Å². The summed E-state index contributed by atoms with van der Waals surface area (Å²) in [5, 5.41) is 6.71. The molecule has 0 bridgehead atoms. The molecule has 0 atom stereocenters. The van der Waals surface area contributed by atoms with E-state index in [0.717, 1.165) is 45.0 Å². The van der Waals surface area contributed by atoms with Gasteiger partial charge in [0.15, 0.2) is 0 Å². The van der Waals surface area contributed by atoms with Gasteiger partial charge in [0.25, 0.3) is 5.91 Å². The largest absolute Gasteiger partial charge is 0.347 e. The number of aryl methyl sites for hydroxylation is 1. The summed E-state index contributed by atoms with van der Waals surface area (Å²) in [6.07, 6.45) is 1.78. The number of nitrogens with one attached hydrogen (secondary N) is 1. The van der Waals surface area contributed by atoms with Crippen LogP contribution in [0.15, 0.2) is 77.1 Å². The van der Waals surface area contributed by atoms with E-state index in [9.17, 15) is 9.18 Å². The topological polar surface area (TPSA) is 42.0 Å². The SMILES string of the molecule is O=C(NCc1cccs1)c1cc2ccccc2nc1SCCCc1ccc(F)cc1. The van der Waals surface area contributed by atoms with Crippen LogP contribution in [0.5, 0.6) is 0 Å². The van der Waals surface area contributed by atoms with Crippen LogP contribution < -0.4 is 5.32 Å². The molecule has 0 fully saturated rings. The van der Waals surface area contributed by atoms with Crippen molar-refractivity contribution in [2.24, 2.45) is 0 Å². The first-order valence-corrected chi connectivity index (χ1v) is 11.6. The predicted molar refractivity (Wildman–Crippen MR) is 123 cm³/mol. The molecule has 0 aliphatic rings. The predicted octanol–water partition coefficient (Wildman–Crippen LogP) is 6.09. The van der Waals surface area contributed by atoms with Crippen LogP contribution in [-0.2, 0) is 13.0 Å². The molecule has 0 saturated carbocycles. The second-order valence-electron chi connectivity index (χ2n) is 6.87. The Kier molecular flexibility index (Phi) is 6.77. The Bertz CT molecular complexity index is 1130. The summed E-state index contributed by atoms with van der Waals surface area (Å²) in [6.45, 7) is 0.512. The molecule has 0 unspecified atom stereocenters. The molecule has 1 N–H and O–H groups in total. The maximum absolute atomic E-state index is 13.0. The van der Waals surface area contributed by atoms with Gasteiger partial charge in [-0.2, -0.15) is 0 Å². The van der Waals surface area contributed by atoms with Crippen LogP contribution in [0.25, 0.3) is 10.9 Å². The first-order valence-electron chi connectivity index (χ1n) is 9.77. The van der Waals surface area contributed by atoms with Crippen LogP contribution in [0, 0.1) is 5.82 Å². The normalized spacial score (nSPS) is 11.0. The van der Waals surface area contributed by atoms with Crippen LogP contribution in [0.3, 0.4) is 0 Å². The Labute approximate surface area is 183 Å². The third-order valence-corrected chi connectivity index (χ3v) is 6.65. The highest BCUT2D eigenvalue weighted by molar-refractivity contribution is 7.99. The Morgan fingerprint density at radius 3 is 2.70 bits per heavy atom. The average Bonchev–Trinajstić information content (AvgIpc) is 3.29. The number of pyridine rings is 1. The van der Waals surface area contributed by atoms with E-state index in [-0.39, 0.29) is 11.7 Å². The molecule has 2 aromatic heterocycles. The number of nitrogens with zero attached hydrogens (tertiary/aromatic N) is 1. The van der Waals surface area contributed by atoms with E-state index in [1.54, 1.807) is 23.1 Å². The van der Waals surface area contributed by atoms with Crippen molar-refractivity contribution < 1.29 is 9.18 Å². The van der Waals surface area contributed by atoms with Crippen LogP contribution in [0.2, 0.25) is 0 Å². The summed E-state index contributed by atoms with van der Waals surface area (Å²) in [5.41, 5.74) is 2.60. The highest BCUT2D eigenvalue weighted by atomic mass is 32.2. The molecule has 2 aromatic carbocycles. The number of hydrogen-bond acceptors (Lipinski definition) is 4. The standard InChI is InChI=1S/C24H21FN2OS2/c25-19-11-9-17(10-12-19)5-3-14-30-24-21(15-18-6-1-2-8-22(18)27-24)23(28)26-16-20-7-4-13-29-20/h1-2,4,6-13,15H,3,5,14,16H2,(H,26,28). The Morgan fingerprint density at radius 2 is 1.90 bits per heavy atom. The molecule has 152 valence electrons. The number of amides is 1. The third-order valence-electron chi connectivity index (χ3n) is 4.70. The highest BCUT2D eigenvalue weighted by Crippen LogP contribution is 2.26. The zero-order valence-electron chi connectivity index (χ0n) is 16.3. The number of aromatic nitrogens is 1. The first-order chi connectivity index (χ1) is 14.7. The van der Waals surface area contributed by atoms with Gasteiger partial charge in [-0.25, -0.2) is 9.37 Å². The van der Waals surface area contributed by atoms with Crippen molar-refractivity contribution >= 4 is 39.9 Å². The fraction of sp³-hybridized carbons (Fsp3) is 0.167. The summed E-state index contributed by atoms with van der Waals surface area (Å²) in [6, 6.07) is 20.4. The maximum atomic E-state index is 13.0. The summed E-state index contributed by atoms with van der Waals surface area (Å²) >= 11 is 3.22. The lowest BCUT2D eigenvalue weighted by atomic mass is 10.1. The summed E-state index contributed by atoms with van der Waals surface area (Å²) < 4.78 is 13.0. The van der Waals surface area contributed by atoms with Crippen LogP contribution >= 0.6 is 23.1 Å². The van der Waals surface area contributed by atoms with Crippen LogP contribution in [0.4, 0.5) is 4.39 Å². The minimum absolute atomic E-state index is 0.109. The summed E-state index contributed by atoms with van der Waals surface area (Å²) in [5.74, 6) is 0.503. The van der Waals surface area contributed by atoms with E-state index < -0.39 is 0 Å². The number of halogens is 1. The van der Waals surface area contributed by atoms with Gasteiger partial charge in [0.05, 0.1) is 17.6 Å². The Morgan fingerprint density at radius 1 is 1.07 bits per heavy atom. The molecule has 0 aliphatic carbocycles. The van der Waals surface area contributed by atoms with Crippen molar-refractivity contribution in [1.82, 2.24) is 10.3 Å². The molecule has 2 heterocycles. The van der Waals surface area contributed by atoms with E-state index in [2.05, 4.69) is 5.32 Å². The zero-order chi connectivity index (χ0) is 20.8. The van der Waals surface area contributed by atoms with Crippen molar-refractivity contribution in [3.05, 3.63) is 93.9 Å². The maximum Gasteiger partial charge on any atom is 0.254 e. The van der Waals surface area contributed by atoms with Gasteiger partial charge < -0.3 is 5.32 Å². The van der Waals surface area contributed by atoms with E-state index in [1.165, 1.54) is 12.1 Å². The summed E-state index contributed by atoms with van der Waals surface area (Å²) in [7, 11) is 0. The van der Waals surface area contributed by atoms with E-state index in [4.69, 9.17) is 4.98 Å². The molecule has 30 heavy (non-hydrogen) atoms. The Balaban J connectivity index is 1.46. The van der Waals surface area contributed by atoms with Gasteiger partial charge in [-0.15, -0.1) is 23.1 Å². The number of fused-ring (bicyclic) bond motifs is 1. The van der Waals surface area contributed by atoms with E-state index in [0.29, 0.717) is 12.1 Å². The third kappa shape index (κ3) is 5.26. The summed E-state index contributed by atoms with van der Waals surface area (Å²) in [4.78, 5) is 18.8. The molecule has 0 aliphatic heterocycles. The quantitative estimate of drug-likeness (QED) is 0.268. The van der Waals surface area contributed by atoms with Gasteiger partial charge in [-0.05, 0) is 59.9 Å². The van der Waals surface area contributed by atoms with Gasteiger partial charge in [0, 0.05) is 10.3 Å². The highest BCUT2D eigenvalue weighted by Gasteiger charge is 2.15. The van der Waals surface area contributed by atoms with Crippen LogP contribution in [-0.4, -0.2) is 16.6 Å². The number of para-hydroxylation sites is 1. The Hall–Kier alpha value is -2.70. The molecule has 6 heteroatoms. The first kappa shape index (κ1) is 20.6. The van der Waals surface area contributed by atoms with Gasteiger partial charge in [-0.1, -0.05) is 36.4 Å². The fourth-order valence-electron chi connectivity index (χ4n) is 3.14. The lowest BCUT2D eigenvalue weighted by Gasteiger charge is -2.11. The molecule has 0 saturated heterocycles. The fourth-order valence-corrected chi connectivity index (χ4v) is 4.74. The minimum Gasteiger partial charge on any atom is -0.347 e. The van der Waals surface area contributed by atoms with Gasteiger partial charge in [0.1, 0.15) is 10.8 Å². The van der Waals surface area contributed by atoms with Gasteiger partial charge in [0.2, 0.25) is 0 Å². The monoisotopic (exact) mass is 436 g/mol. The molecular weight excluding hydrogens is 415 g/mol. The van der Waals surface area contributed by atoms with Gasteiger partial charge >= 0.3 is 0 Å². The number of benzene rings is 2. The average molecular weight is 437 g/mol. The molecule has 0 radical (unpaired) electrons. The zero-order valence-corrected chi connectivity index (χ0v) is 17.9. The number of carbonyl (C=O) groups excluding carboxylic acids is 1. The van der Waals surface area contributed by atoms with Crippen LogP contribution in [0.1, 0.15) is 27.2 Å². The minimum atomic E-state index is -0.216. The lowest BCUT2D eigenvalue weighted by Crippen LogP contribution is -2.23. The lowest BCUT2D eigenvalue weighted by molar-refractivity contribution is 0.0948. The number of thiophene rings is 1. The molecule has 3 nitrogen and oxygen atoms in total. The van der Waals surface area contributed by atoms with Crippen molar-refractivity contribution in [2.75, 3.05) is 5.75 Å². The molecule has 4 aromatic rings. The molecule has 0 spiro atoms. The number of hydrogen-bond donors (Lipinski definition) is 1. The molecular formula is C24H21FN2OS2. The van der Waals surface area contributed by atoms with E-state index >= 15 is 0 Å². The van der Waals surface area contributed by atoms with Crippen molar-refractivity contribution in [2.45, 2.75) is 24.4 Å². The van der Waals surface area contributed by atoms with E-state index in [1.807, 2.05) is 60.0 Å². The second kappa shape index (κ2) is 9.87. The smallest absolute Gasteiger partial charge is 0.254 e. The number of thioether (sulfide) groups is 1. The molecule has 4 rings (SSSR count). The van der Waals surface area contributed by atoms with Crippen molar-refractivity contribution in [3.63, 3.8) is 0 Å². The number of carbonyl (C=O) groups is 1. The van der Waals surface area contributed by atoms with Crippen molar-refractivity contribution in [3.8, 4) is 0 Å². The molecule has 1 amide bonds.